The number of ether oxygens (including phenoxy) is 2. The normalized spacial score (nSPS) is 52.7. The fourth-order valence-electron chi connectivity index (χ4n) is 11.3. The number of hydrogen-bond acceptors (Lipinski definition) is 5. The molecule has 8 unspecified atom stereocenters. The van der Waals surface area contributed by atoms with E-state index < -0.39 is 11.7 Å². The summed E-state index contributed by atoms with van der Waals surface area (Å²) in [6.07, 6.45) is 11.1. The first-order valence-corrected chi connectivity index (χ1v) is 14.5. The van der Waals surface area contributed by atoms with Gasteiger partial charge in [-0.1, -0.05) is 20.8 Å². The molecule has 5 saturated carbocycles. The molecule has 6 fully saturated rings. The summed E-state index contributed by atoms with van der Waals surface area (Å²) in [7, 11) is 0. The quantitative estimate of drug-likeness (QED) is 0.530. The third-order valence-electron chi connectivity index (χ3n) is 12.9. The van der Waals surface area contributed by atoms with Crippen molar-refractivity contribution in [1.29, 1.82) is 0 Å². The lowest BCUT2D eigenvalue weighted by Gasteiger charge is -2.59. The number of carbonyl (C=O) groups is 1. The molecule has 0 amide bonds. The summed E-state index contributed by atoms with van der Waals surface area (Å²) in [5.74, 6) is 2.37. The molecule has 1 heterocycles. The van der Waals surface area contributed by atoms with Crippen molar-refractivity contribution < 1.29 is 24.5 Å². The van der Waals surface area contributed by atoms with Crippen LogP contribution in [0.2, 0.25) is 0 Å². The Morgan fingerprint density at radius 1 is 0.971 bits per heavy atom. The van der Waals surface area contributed by atoms with Crippen LogP contribution in [0.25, 0.3) is 0 Å². The number of aliphatic hydroxyl groups excluding tert-OH is 1. The number of rotatable bonds is 3. The second kappa shape index (κ2) is 7.47. The first-order chi connectivity index (χ1) is 16.3. The Morgan fingerprint density at radius 2 is 1.69 bits per heavy atom. The minimum atomic E-state index is -1.13. The van der Waals surface area contributed by atoms with Crippen molar-refractivity contribution in [3.8, 4) is 0 Å². The summed E-state index contributed by atoms with van der Waals surface area (Å²) in [6, 6.07) is 0. The Hall–Kier alpha value is -0.650. The third kappa shape index (κ3) is 3.19. The molecule has 0 aromatic carbocycles. The SMILES string of the molecule is CC(=O)O[C@@H](C1CCC2C(CC3C4CC[C@H]5C(C)(C)[C@@H](O)CCC56CC46CCC23C)O1)C(C)(C)O. The van der Waals surface area contributed by atoms with Crippen LogP contribution in [0, 0.1) is 45.3 Å². The molecule has 2 spiro atoms. The maximum Gasteiger partial charge on any atom is 0.303 e. The molecule has 198 valence electrons. The summed E-state index contributed by atoms with van der Waals surface area (Å²) in [5, 5.41) is 21.6. The van der Waals surface area contributed by atoms with Gasteiger partial charge in [0.15, 0.2) is 6.10 Å². The van der Waals surface area contributed by atoms with Crippen LogP contribution in [0.4, 0.5) is 0 Å². The summed E-state index contributed by atoms with van der Waals surface area (Å²) in [4.78, 5) is 11.8. The van der Waals surface area contributed by atoms with Gasteiger partial charge in [-0.3, -0.25) is 4.79 Å². The summed E-state index contributed by atoms with van der Waals surface area (Å²) in [6.45, 7) is 12.1. The van der Waals surface area contributed by atoms with E-state index in [0.29, 0.717) is 34.0 Å². The van der Waals surface area contributed by atoms with Gasteiger partial charge >= 0.3 is 5.97 Å². The van der Waals surface area contributed by atoms with Crippen molar-refractivity contribution >= 4 is 5.97 Å². The Morgan fingerprint density at radius 3 is 2.37 bits per heavy atom. The van der Waals surface area contributed by atoms with Gasteiger partial charge in [-0.15, -0.1) is 0 Å². The molecule has 0 aromatic rings. The number of esters is 1. The van der Waals surface area contributed by atoms with Crippen LogP contribution in [-0.4, -0.2) is 46.2 Å². The fourth-order valence-corrected chi connectivity index (χ4v) is 11.3. The highest BCUT2D eigenvalue weighted by molar-refractivity contribution is 5.66. The van der Waals surface area contributed by atoms with Crippen LogP contribution in [-0.2, 0) is 14.3 Å². The standard InChI is InChI=1S/C30H48O5/c1-17(31)34-25(27(4,5)33)21-9-7-19-22(35-21)15-20-18-8-10-23-26(2,3)24(32)11-12-30(23)16-29(18,30)14-13-28(19,20)6/h18-25,32-33H,7-16H2,1-6H3/t18?,19?,20?,21?,22?,23-,24-,25-,28?,29?,30?/m0/s1. The maximum atomic E-state index is 11.8. The lowest BCUT2D eigenvalue weighted by Crippen LogP contribution is -2.54. The lowest BCUT2D eigenvalue weighted by atomic mass is 9.46. The van der Waals surface area contributed by atoms with Gasteiger partial charge in [-0.25, -0.2) is 0 Å². The van der Waals surface area contributed by atoms with Gasteiger partial charge in [0, 0.05) is 6.92 Å². The topological polar surface area (TPSA) is 76.0 Å². The van der Waals surface area contributed by atoms with Crippen LogP contribution >= 0.6 is 0 Å². The fraction of sp³-hybridized carbons (Fsp3) is 0.967. The number of aliphatic hydroxyl groups is 2. The molecule has 1 aliphatic heterocycles. The van der Waals surface area contributed by atoms with E-state index >= 15 is 0 Å². The zero-order valence-electron chi connectivity index (χ0n) is 22.8. The molecule has 6 rings (SSSR count). The smallest absolute Gasteiger partial charge is 0.303 e. The molecule has 5 aliphatic carbocycles. The molecule has 2 N–H and O–H groups in total. The molecular weight excluding hydrogens is 440 g/mol. The Balaban J connectivity index is 1.24. The molecule has 11 atom stereocenters. The molecule has 0 radical (unpaired) electrons. The molecule has 0 bridgehead atoms. The Kier molecular flexibility index (Phi) is 5.27. The zero-order valence-corrected chi connectivity index (χ0v) is 22.8. The summed E-state index contributed by atoms with van der Waals surface area (Å²) < 4.78 is 12.4. The van der Waals surface area contributed by atoms with Gasteiger partial charge in [0.25, 0.3) is 0 Å². The highest BCUT2D eigenvalue weighted by Crippen LogP contribution is 2.87. The molecule has 35 heavy (non-hydrogen) atoms. The van der Waals surface area contributed by atoms with Gasteiger partial charge in [0.1, 0.15) is 0 Å². The molecular formula is C30H48O5. The van der Waals surface area contributed by atoms with Gasteiger partial charge in [-0.05, 0) is 123 Å². The van der Waals surface area contributed by atoms with Crippen LogP contribution in [0.5, 0.6) is 0 Å². The molecule has 5 nitrogen and oxygen atoms in total. The molecule has 0 aromatic heterocycles. The molecule has 1 saturated heterocycles. The summed E-state index contributed by atoms with van der Waals surface area (Å²) >= 11 is 0. The van der Waals surface area contributed by atoms with Gasteiger partial charge < -0.3 is 19.7 Å². The van der Waals surface area contributed by atoms with Gasteiger partial charge in [-0.2, -0.15) is 0 Å². The van der Waals surface area contributed by atoms with Crippen LogP contribution in [0.1, 0.15) is 106 Å². The van der Waals surface area contributed by atoms with Crippen molar-refractivity contribution in [1.82, 2.24) is 0 Å². The van der Waals surface area contributed by atoms with Gasteiger partial charge in [0.05, 0.1) is 23.9 Å². The first kappa shape index (κ1) is 24.7. The van der Waals surface area contributed by atoms with Crippen molar-refractivity contribution in [3.05, 3.63) is 0 Å². The van der Waals surface area contributed by atoms with E-state index in [4.69, 9.17) is 9.47 Å². The average Bonchev–Trinajstić information content (AvgIpc) is 3.34. The van der Waals surface area contributed by atoms with E-state index in [0.717, 1.165) is 31.6 Å². The monoisotopic (exact) mass is 488 g/mol. The third-order valence-corrected chi connectivity index (χ3v) is 12.9. The first-order valence-electron chi connectivity index (χ1n) is 14.5. The van der Waals surface area contributed by atoms with Crippen LogP contribution in [0.15, 0.2) is 0 Å². The highest BCUT2D eigenvalue weighted by atomic mass is 16.6. The van der Waals surface area contributed by atoms with Crippen molar-refractivity contribution in [2.45, 2.75) is 136 Å². The average molecular weight is 489 g/mol. The highest BCUT2D eigenvalue weighted by Gasteiger charge is 2.80. The molecule has 6 aliphatic rings. The van der Waals surface area contributed by atoms with Crippen LogP contribution < -0.4 is 0 Å². The van der Waals surface area contributed by atoms with E-state index in [1.54, 1.807) is 13.8 Å². The number of carbonyl (C=O) groups excluding carboxylic acids is 1. The minimum absolute atomic E-state index is 0.0380. The minimum Gasteiger partial charge on any atom is -0.457 e. The van der Waals surface area contributed by atoms with E-state index in [1.807, 2.05) is 0 Å². The maximum absolute atomic E-state index is 11.8. The molecule has 5 heteroatoms. The largest absolute Gasteiger partial charge is 0.457 e. The van der Waals surface area contributed by atoms with Gasteiger partial charge in [0.2, 0.25) is 0 Å². The Bertz CT molecular complexity index is 892. The van der Waals surface area contributed by atoms with Crippen molar-refractivity contribution in [2.24, 2.45) is 45.3 Å². The predicted molar refractivity (Wildman–Crippen MR) is 133 cm³/mol. The van der Waals surface area contributed by atoms with Crippen molar-refractivity contribution in [2.75, 3.05) is 0 Å². The zero-order chi connectivity index (χ0) is 25.2. The number of hydrogen-bond donors (Lipinski definition) is 2. The second-order valence-corrected chi connectivity index (χ2v) is 15.0. The van der Waals surface area contributed by atoms with Crippen LogP contribution in [0.3, 0.4) is 0 Å². The van der Waals surface area contributed by atoms with E-state index in [9.17, 15) is 15.0 Å². The second-order valence-electron chi connectivity index (χ2n) is 15.0. The predicted octanol–water partition coefficient (Wildman–Crippen LogP) is 5.26. The lowest BCUT2D eigenvalue weighted by molar-refractivity contribution is -0.200. The van der Waals surface area contributed by atoms with E-state index in [1.165, 1.54) is 45.4 Å². The summed E-state index contributed by atoms with van der Waals surface area (Å²) in [5.41, 5.74) is 0.212. The number of fused-ring (bicyclic) bond motifs is 4. The van der Waals surface area contributed by atoms with E-state index in [2.05, 4.69) is 20.8 Å². The Labute approximate surface area is 211 Å². The van der Waals surface area contributed by atoms with Crippen molar-refractivity contribution in [3.63, 3.8) is 0 Å². The van der Waals surface area contributed by atoms with E-state index in [-0.39, 0.29) is 29.7 Å².